The molecule has 6 heteroatoms. The first-order chi connectivity index (χ1) is 8.71. The number of aliphatic carboxylic acids is 1. The zero-order valence-corrected chi connectivity index (χ0v) is 11.8. The van der Waals surface area contributed by atoms with Crippen molar-refractivity contribution >= 4 is 17.8 Å². The molecule has 0 aromatic heterocycles. The molecule has 0 bridgehead atoms. The number of carbonyl (C=O) groups is 3. The molecule has 1 fully saturated rings. The van der Waals surface area contributed by atoms with Crippen LogP contribution in [0, 0.1) is 5.41 Å². The van der Waals surface area contributed by atoms with E-state index in [0.717, 1.165) is 6.42 Å². The number of carbonyl (C=O) groups excluding carboxylic acids is 2. The Labute approximate surface area is 113 Å². The molecular formula is C13H22N2O4. The van der Waals surface area contributed by atoms with Gasteiger partial charge in [0.15, 0.2) is 0 Å². The molecule has 0 saturated carbocycles. The van der Waals surface area contributed by atoms with Gasteiger partial charge in [-0.1, -0.05) is 13.8 Å². The van der Waals surface area contributed by atoms with Crippen molar-refractivity contribution in [2.75, 3.05) is 26.7 Å². The van der Waals surface area contributed by atoms with Crippen molar-refractivity contribution in [3.05, 3.63) is 0 Å². The minimum absolute atomic E-state index is 0.0551. The highest BCUT2D eigenvalue weighted by Gasteiger charge is 2.29. The fraction of sp³-hybridized carbons (Fsp3) is 0.769. The second kappa shape index (κ2) is 6.04. The van der Waals surface area contributed by atoms with Crippen molar-refractivity contribution in [3.8, 4) is 0 Å². The Morgan fingerprint density at radius 3 is 2.47 bits per heavy atom. The van der Waals surface area contributed by atoms with Gasteiger partial charge < -0.3 is 14.9 Å². The predicted octanol–water partition coefficient (Wildman–Crippen LogP) is 0.568. The Morgan fingerprint density at radius 1 is 1.26 bits per heavy atom. The second-order valence-corrected chi connectivity index (χ2v) is 5.90. The quantitative estimate of drug-likeness (QED) is 0.810. The second-order valence-electron chi connectivity index (χ2n) is 5.90. The first kappa shape index (κ1) is 15.5. The van der Waals surface area contributed by atoms with Crippen LogP contribution in [-0.4, -0.2) is 59.4 Å². The number of hydrogen-bond donors (Lipinski definition) is 1. The van der Waals surface area contributed by atoms with E-state index < -0.39 is 11.4 Å². The summed E-state index contributed by atoms with van der Waals surface area (Å²) in [6.45, 7) is 4.81. The fourth-order valence-electron chi connectivity index (χ4n) is 2.19. The summed E-state index contributed by atoms with van der Waals surface area (Å²) in [5.74, 6) is -1.12. The largest absolute Gasteiger partial charge is 0.481 e. The Kier molecular flexibility index (Phi) is 4.91. The smallest absolute Gasteiger partial charge is 0.303 e. The van der Waals surface area contributed by atoms with Gasteiger partial charge in [-0.05, 0) is 11.8 Å². The molecule has 0 spiro atoms. The number of rotatable bonds is 4. The standard InChI is InChI=1S/C13H22N2O4/c1-13(2,8-12(18)19)7-10(16)15-6-4-5-14(3)11(17)9-15/h4-9H2,1-3H3,(H,18,19). The van der Waals surface area contributed by atoms with Crippen molar-refractivity contribution in [2.45, 2.75) is 33.1 Å². The Bertz CT molecular complexity index is 379. The van der Waals surface area contributed by atoms with Crippen molar-refractivity contribution < 1.29 is 19.5 Å². The summed E-state index contributed by atoms with van der Waals surface area (Å²) in [7, 11) is 1.73. The Hall–Kier alpha value is -1.59. The Morgan fingerprint density at radius 2 is 1.89 bits per heavy atom. The van der Waals surface area contributed by atoms with Crippen LogP contribution in [0.2, 0.25) is 0 Å². The summed E-state index contributed by atoms with van der Waals surface area (Å²) < 4.78 is 0. The molecular weight excluding hydrogens is 248 g/mol. The molecule has 0 aromatic carbocycles. The maximum Gasteiger partial charge on any atom is 0.303 e. The van der Waals surface area contributed by atoms with E-state index in [4.69, 9.17) is 5.11 Å². The number of likely N-dealkylation sites (N-methyl/N-ethyl adjacent to an activating group) is 1. The van der Waals surface area contributed by atoms with Gasteiger partial charge in [-0.25, -0.2) is 0 Å². The van der Waals surface area contributed by atoms with Crippen LogP contribution in [0.3, 0.4) is 0 Å². The van der Waals surface area contributed by atoms with E-state index in [1.807, 2.05) is 0 Å². The molecule has 0 atom stereocenters. The lowest BCUT2D eigenvalue weighted by Crippen LogP contribution is -2.39. The van der Waals surface area contributed by atoms with E-state index in [9.17, 15) is 14.4 Å². The SMILES string of the molecule is CN1CCCN(C(=O)CC(C)(C)CC(=O)O)CC1=O. The van der Waals surface area contributed by atoms with Crippen LogP contribution in [0.1, 0.15) is 33.1 Å². The third kappa shape index (κ3) is 4.89. The van der Waals surface area contributed by atoms with Gasteiger partial charge in [-0.15, -0.1) is 0 Å². The van der Waals surface area contributed by atoms with Crippen LogP contribution >= 0.6 is 0 Å². The number of hydrogen-bond acceptors (Lipinski definition) is 3. The highest BCUT2D eigenvalue weighted by Crippen LogP contribution is 2.26. The van der Waals surface area contributed by atoms with Gasteiger partial charge >= 0.3 is 5.97 Å². The van der Waals surface area contributed by atoms with E-state index in [-0.39, 0.29) is 31.2 Å². The summed E-state index contributed by atoms with van der Waals surface area (Å²) in [5.41, 5.74) is -0.593. The van der Waals surface area contributed by atoms with Crippen molar-refractivity contribution in [2.24, 2.45) is 5.41 Å². The van der Waals surface area contributed by atoms with Crippen molar-refractivity contribution in [1.29, 1.82) is 0 Å². The molecule has 0 aliphatic carbocycles. The average molecular weight is 270 g/mol. The molecule has 19 heavy (non-hydrogen) atoms. The lowest BCUT2D eigenvalue weighted by molar-refractivity contribution is -0.142. The molecule has 1 saturated heterocycles. The molecule has 6 nitrogen and oxygen atoms in total. The molecule has 108 valence electrons. The summed E-state index contributed by atoms with van der Waals surface area (Å²) in [6, 6.07) is 0. The van der Waals surface area contributed by atoms with Gasteiger partial charge in [-0.2, -0.15) is 0 Å². The number of carboxylic acids is 1. The van der Waals surface area contributed by atoms with E-state index >= 15 is 0 Å². The van der Waals surface area contributed by atoms with Gasteiger partial charge in [0.2, 0.25) is 11.8 Å². The molecule has 0 aromatic rings. The zero-order chi connectivity index (χ0) is 14.6. The molecule has 1 rings (SSSR count). The molecule has 1 N–H and O–H groups in total. The Balaban J connectivity index is 2.62. The first-order valence-electron chi connectivity index (χ1n) is 6.45. The highest BCUT2D eigenvalue weighted by atomic mass is 16.4. The van der Waals surface area contributed by atoms with Crippen LogP contribution in [0.25, 0.3) is 0 Å². The van der Waals surface area contributed by atoms with E-state index in [1.54, 1.807) is 25.8 Å². The predicted molar refractivity (Wildman–Crippen MR) is 69.5 cm³/mol. The zero-order valence-electron chi connectivity index (χ0n) is 11.8. The summed E-state index contributed by atoms with van der Waals surface area (Å²) in [6.07, 6.45) is 0.851. The van der Waals surface area contributed by atoms with Gasteiger partial charge in [-0.3, -0.25) is 14.4 Å². The van der Waals surface area contributed by atoms with Gasteiger partial charge in [0.1, 0.15) is 0 Å². The maximum absolute atomic E-state index is 12.2. The monoisotopic (exact) mass is 270 g/mol. The van der Waals surface area contributed by atoms with E-state index in [0.29, 0.717) is 13.1 Å². The maximum atomic E-state index is 12.2. The minimum atomic E-state index is -0.913. The lowest BCUT2D eigenvalue weighted by Gasteiger charge is -2.26. The van der Waals surface area contributed by atoms with Gasteiger partial charge in [0, 0.05) is 26.6 Å². The molecule has 0 unspecified atom stereocenters. The number of amides is 2. The van der Waals surface area contributed by atoms with Crippen molar-refractivity contribution in [1.82, 2.24) is 9.80 Å². The van der Waals surface area contributed by atoms with Crippen molar-refractivity contribution in [3.63, 3.8) is 0 Å². The fourth-order valence-corrected chi connectivity index (χ4v) is 2.19. The number of nitrogens with zero attached hydrogens (tertiary/aromatic N) is 2. The van der Waals surface area contributed by atoms with Crippen LogP contribution in [0.5, 0.6) is 0 Å². The van der Waals surface area contributed by atoms with Crippen LogP contribution < -0.4 is 0 Å². The van der Waals surface area contributed by atoms with E-state index in [2.05, 4.69) is 0 Å². The topological polar surface area (TPSA) is 77.9 Å². The van der Waals surface area contributed by atoms with Gasteiger partial charge in [0.25, 0.3) is 0 Å². The third-order valence-electron chi connectivity index (χ3n) is 3.29. The molecule has 0 radical (unpaired) electrons. The average Bonchev–Trinajstić information content (AvgIpc) is 2.39. The summed E-state index contributed by atoms with van der Waals surface area (Å²) in [4.78, 5) is 37.8. The van der Waals surface area contributed by atoms with E-state index in [1.165, 1.54) is 4.90 Å². The van der Waals surface area contributed by atoms with Crippen LogP contribution in [-0.2, 0) is 14.4 Å². The minimum Gasteiger partial charge on any atom is -0.481 e. The highest BCUT2D eigenvalue weighted by molar-refractivity contribution is 5.85. The molecule has 1 aliphatic heterocycles. The summed E-state index contributed by atoms with van der Waals surface area (Å²) >= 11 is 0. The normalized spacial score (nSPS) is 17.3. The molecule has 2 amide bonds. The third-order valence-corrected chi connectivity index (χ3v) is 3.29. The lowest BCUT2D eigenvalue weighted by atomic mass is 9.85. The molecule has 1 aliphatic rings. The molecule has 1 heterocycles. The first-order valence-corrected chi connectivity index (χ1v) is 6.45. The van der Waals surface area contributed by atoms with Gasteiger partial charge in [0.05, 0.1) is 13.0 Å². The van der Waals surface area contributed by atoms with Crippen LogP contribution in [0.15, 0.2) is 0 Å². The summed E-state index contributed by atoms with van der Waals surface area (Å²) in [5, 5.41) is 8.81. The van der Waals surface area contributed by atoms with Crippen LogP contribution in [0.4, 0.5) is 0 Å². The number of carboxylic acid groups (broad SMARTS) is 1.